The van der Waals surface area contributed by atoms with Gasteiger partial charge in [0.2, 0.25) is 0 Å². The van der Waals surface area contributed by atoms with Crippen LogP contribution >= 0.6 is 0 Å². The number of aldehydes is 1. The van der Waals surface area contributed by atoms with Crippen LogP contribution in [0.1, 0.15) is 73.8 Å². The Kier molecular flexibility index (Phi) is 4.35. The number of carbonyl (C=O) groups excluding carboxylic acids is 1. The van der Waals surface area contributed by atoms with Gasteiger partial charge in [0, 0.05) is 18.7 Å². The highest BCUT2D eigenvalue weighted by molar-refractivity contribution is 5.76. The Balaban J connectivity index is 2.19. The van der Waals surface area contributed by atoms with Crippen molar-refractivity contribution in [3.63, 3.8) is 0 Å². The lowest BCUT2D eigenvalue weighted by Crippen LogP contribution is -2.03. The highest BCUT2D eigenvalue weighted by Crippen LogP contribution is 2.32. The van der Waals surface area contributed by atoms with Gasteiger partial charge in [0.15, 0.2) is 6.29 Å². The minimum atomic E-state index is 0.510. The smallest absolute Gasteiger partial charge is 0.153 e. The van der Waals surface area contributed by atoms with Crippen LogP contribution in [0.4, 0.5) is 0 Å². The van der Waals surface area contributed by atoms with Crippen LogP contribution in [-0.2, 0) is 6.54 Å². The molecule has 0 amide bonds. The highest BCUT2D eigenvalue weighted by Gasteiger charge is 2.20. The third kappa shape index (κ3) is 2.96. The van der Waals surface area contributed by atoms with Crippen molar-refractivity contribution >= 4 is 6.29 Å². The fourth-order valence-corrected chi connectivity index (χ4v) is 2.76. The summed E-state index contributed by atoms with van der Waals surface area (Å²) in [4.78, 5) is 11.1. The standard InChI is InChI=1S/C14H22N2O/c1-2-9-16-10-13(11-17)14(15-16)12-7-5-3-4-6-8-12/h10-12H,2-9H2,1H3. The van der Waals surface area contributed by atoms with Crippen LogP contribution in [0.3, 0.4) is 0 Å². The molecule has 1 saturated carbocycles. The Morgan fingerprint density at radius 1 is 1.35 bits per heavy atom. The first-order valence-corrected chi connectivity index (χ1v) is 6.87. The van der Waals surface area contributed by atoms with E-state index >= 15 is 0 Å². The molecule has 0 atom stereocenters. The van der Waals surface area contributed by atoms with Gasteiger partial charge in [-0.15, -0.1) is 0 Å². The van der Waals surface area contributed by atoms with Crippen molar-refractivity contribution in [2.75, 3.05) is 0 Å². The topological polar surface area (TPSA) is 34.9 Å². The van der Waals surface area contributed by atoms with Crippen molar-refractivity contribution < 1.29 is 4.79 Å². The SMILES string of the molecule is CCCn1cc(C=O)c(C2CCCCCC2)n1. The van der Waals surface area contributed by atoms with Crippen LogP contribution in [-0.4, -0.2) is 16.1 Å². The molecule has 1 aliphatic carbocycles. The summed E-state index contributed by atoms with van der Waals surface area (Å²) >= 11 is 0. The van der Waals surface area contributed by atoms with Gasteiger partial charge < -0.3 is 0 Å². The van der Waals surface area contributed by atoms with E-state index in [1.165, 1.54) is 38.5 Å². The lowest BCUT2D eigenvalue weighted by Gasteiger charge is -2.11. The largest absolute Gasteiger partial charge is 0.298 e. The Labute approximate surface area is 103 Å². The van der Waals surface area contributed by atoms with E-state index < -0.39 is 0 Å². The van der Waals surface area contributed by atoms with Gasteiger partial charge in [-0.25, -0.2) is 0 Å². The number of aryl methyl sites for hydroxylation is 1. The number of hydrogen-bond donors (Lipinski definition) is 0. The predicted octanol–water partition coefficient (Wildman–Crippen LogP) is 3.54. The molecule has 0 unspecified atom stereocenters. The van der Waals surface area contributed by atoms with Crippen molar-refractivity contribution in [3.05, 3.63) is 17.5 Å². The molecule has 3 heteroatoms. The van der Waals surface area contributed by atoms with Gasteiger partial charge in [0.05, 0.1) is 11.3 Å². The number of hydrogen-bond acceptors (Lipinski definition) is 2. The van der Waals surface area contributed by atoms with Crippen LogP contribution in [0.25, 0.3) is 0 Å². The highest BCUT2D eigenvalue weighted by atomic mass is 16.1. The molecular weight excluding hydrogens is 212 g/mol. The van der Waals surface area contributed by atoms with E-state index in [4.69, 9.17) is 0 Å². The number of rotatable bonds is 4. The monoisotopic (exact) mass is 234 g/mol. The van der Waals surface area contributed by atoms with Gasteiger partial charge in [-0.1, -0.05) is 32.6 Å². The first kappa shape index (κ1) is 12.3. The zero-order valence-electron chi connectivity index (χ0n) is 10.7. The second-order valence-corrected chi connectivity index (χ2v) is 5.04. The van der Waals surface area contributed by atoms with E-state index in [9.17, 15) is 4.79 Å². The summed E-state index contributed by atoms with van der Waals surface area (Å²) in [7, 11) is 0. The fourth-order valence-electron chi connectivity index (χ4n) is 2.76. The Morgan fingerprint density at radius 3 is 2.65 bits per heavy atom. The maximum absolute atomic E-state index is 11.1. The molecule has 1 aliphatic rings. The second kappa shape index (κ2) is 5.99. The van der Waals surface area contributed by atoms with Gasteiger partial charge in [-0.3, -0.25) is 9.48 Å². The first-order valence-electron chi connectivity index (χ1n) is 6.87. The summed E-state index contributed by atoms with van der Waals surface area (Å²) in [5, 5.41) is 4.62. The molecule has 17 heavy (non-hydrogen) atoms. The van der Waals surface area contributed by atoms with Gasteiger partial charge in [-0.2, -0.15) is 5.10 Å². The normalized spacial score (nSPS) is 17.9. The first-order chi connectivity index (χ1) is 8.35. The second-order valence-electron chi connectivity index (χ2n) is 5.04. The van der Waals surface area contributed by atoms with E-state index in [0.717, 1.165) is 30.5 Å². The van der Waals surface area contributed by atoms with E-state index in [0.29, 0.717) is 5.92 Å². The summed E-state index contributed by atoms with van der Waals surface area (Å²) < 4.78 is 1.93. The lowest BCUT2D eigenvalue weighted by molar-refractivity contribution is 0.112. The van der Waals surface area contributed by atoms with Crippen LogP contribution < -0.4 is 0 Å². The van der Waals surface area contributed by atoms with E-state index in [-0.39, 0.29) is 0 Å². The molecule has 0 N–H and O–H groups in total. The average Bonchev–Trinajstić information content (AvgIpc) is 2.57. The Morgan fingerprint density at radius 2 is 2.06 bits per heavy atom. The van der Waals surface area contributed by atoms with Crippen molar-refractivity contribution in [2.24, 2.45) is 0 Å². The molecule has 2 rings (SSSR count). The van der Waals surface area contributed by atoms with Gasteiger partial charge >= 0.3 is 0 Å². The van der Waals surface area contributed by atoms with Crippen LogP contribution in [0.5, 0.6) is 0 Å². The molecule has 0 spiro atoms. The quantitative estimate of drug-likeness (QED) is 0.590. The molecule has 1 heterocycles. The summed E-state index contributed by atoms with van der Waals surface area (Å²) in [5.74, 6) is 0.510. The molecule has 94 valence electrons. The van der Waals surface area contributed by atoms with E-state index in [1.807, 2.05) is 10.9 Å². The molecule has 1 aromatic rings. The van der Waals surface area contributed by atoms with Gasteiger partial charge in [0.1, 0.15) is 0 Å². The Hall–Kier alpha value is -1.12. The molecule has 3 nitrogen and oxygen atoms in total. The lowest BCUT2D eigenvalue weighted by atomic mass is 9.94. The number of nitrogens with zero attached hydrogens (tertiary/aromatic N) is 2. The molecule has 1 fully saturated rings. The zero-order valence-corrected chi connectivity index (χ0v) is 10.7. The molecular formula is C14H22N2O. The summed E-state index contributed by atoms with van der Waals surface area (Å²) in [5.41, 5.74) is 1.86. The molecule has 0 aromatic carbocycles. The third-order valence-electron chi connectivity index (χ3n) is 3.64. The van der Waals surface area contributed by atoms with E-state index in [2.05, 4.69) is 12.0 Å². The number of carbonyl (C=O) groups is 1. The fraction of sp³-hybridized carbons (Fsp3) is 0.714. The van der Waals surface area contributed by atoms with Crippen LogP contribution in [0.2, 0.25) is 0 Å². The third-order valence-corrected chi connectivity index (χ3v) is 3.64. The minimum Gasteiger partial charge on any atom is -0.298 e. The van der Waals surface area contributed by atoms with Gasteiger partial charge in [0.25, 0.3) is 0 Å². The van der Waals surface area contributed by atoms with Crippen LogP contribution in [0, 0.1) is 0 Å². The maximum atomic E-state index is 11.1. The molecule has 0 aliphatic heterocycles. The summed E-state index contributed by atoms with van der Waals surface area (Å²) in [6, 6.07) is 0. The van der Waals surface area contributed by atoms with Gasteiger partial charge in [-0.05, 0) is 19.3 Å². The van der Waals surface area contributed by atoms with Crippen molar-refractivity contribution in [1.29, 1.82) is 0 Å². The molecule has 1 aromatic heterocycles. The zero-order chi connectivity index (χ0) is 12.1. The van der Waals surface area contributed by atoms with Crippen molar-refractivity contribution in [1.82, 2.24) is 9.78 Å². The molecule has 0 saturated heterocycles. The van der Waals surface area contributed by atoms with E-state index in [1.54, 1.807) is 0 Å². The van der Waals surface area contributed by atoms with Crippen LogP contribution in [0.15, 0.2) is 6.20 Å². The average molecular weight is 234 g/mol. The molecule has 0 bridgehead atoms. The van der Waals surface area contributed by atoms with Crippen molar-refractivity contribution in [2.45, 2.75) is 64.3 Å². The minimum absolute atomic E-state index is 0.510. The molecule has 0 radical (unpaired) electrons. The number of aromatic nitrogens is 2. The Bertz CT molecular complexity index is 362. The predicted molar refractivity (Wildman–Crippen MR) is 68.3 cm³/mol. The summed E-state index contributed by atoms with van der Waals surface area (Å²) in [6.45, 7) is 3.04. The van der Waals surface area contributed by atoms with Crippen molar-refractivity contribution in [3.8, 4) is 0 Å². The maximum Gasteiger partial charge on any atom is 0.153 e. The summed E-state index contributed by atoms with van der Waals surface area (Å²) in [6.07, 6.45) is 11.6.